The van der Waals surface area contributed by atoms with Crippen LogP contribution in [0.15, 0.2) is 30.3 Å². The number of esters is 1. The van der Waals surface area contributed by atoms with E-state index in [1.165, 1.54) is 6.07 Å². The highest BCUT2D eigenvalue weighted by Gasteiger charge is 2.27. The van der Waals surface area contributed by atoms with E-state index in [2.05, 4.69) is 10.3 Å². The van der Waals surface area contributed by atoms with Gasteiger partial charge in [-0.25, -0.2) is 9.78 Å². The van der Waals surface area contributed by atoms with Crippen LogP contribution in [0.2, 0.25) is 0 Å². The van der Waals surface area contributed by atoms with Crippen LogP contribution < -0.4 is 14.8 Å². The molecule has 0 fully saturated rings. The first-order chi connectivity index (χ1) is 12.8. The fourth-order valence-corrected chi connectivity index (χ4v) is 2.82. The molecule has 3 rings (SSSR count). The molecule has 1 aliphatic heterocycles. The molecule has 0 saturated carbocycles. The number of rotatable bonds is 5. The van der Waals surface area contributed by atoms with Gasteiger partial charge in [-0.3, -0.25) is 4.79 Å². The van der Waals surface area contributed by atoms with Crippen LogP contribution in [0.1, 0.15) is 52.9 Å². The summed E-state index contributed by atoms with van der Waals surface area (Å²) in [5.74, 6) is 0.557. The summed E-state index contributed by atoms with van der Waals surface area (Å²) in [5, 5.41) is 2.97. The lowest BCUT2D eigenvalue weighted by Gasteiger charge is -2.27. The number of aromatic nitrogens is 1. The molecule has 1 aromatic carbocycles. The van der Waals surface area contributed by atoms with E-state index in [0.29, 0.717) is 22.8 Å². The van der Waals surface area contributed by atoms with E-state index in [-0.39, 0.29) is 25.0 Å². The third-order valence-electron chi connectivity index (χ3n) is 4.33. The van der Waals surface area contributed by atoms with Gasteiger partial charge in [-0.15, -0.1) is 0 Å². The van der Waals surface area contributed by atoms with Crippen LogP contribution in [0.3, 0.4) is 0 Å². The highest BCUT2D eigenvalue weighted by atomic mass is 16.7. The maximum absolute atomic E-state index is 12.7. The molecule has 0 spiro atoms. The van der Waals surface area contributed by atoms with Crippen molar-refractivity contribution in [2.45, 2.75) is 33.2 Å². The van der Waals surface area contributed by atoms with Crippen molar-refractivity contribution < 1.29 is 23.8 Å². The number of amides is 1. The third kappa shape index (κ3) is 3.86. The van der Waals surface area contributed by atoms with Crippen LogP contribution in [0.25, 0.3) is 0 Å². The smallest absolute Gasteiger partial charge is 0.339 e. The highest BCUT2D eigenvalue weighted by molar-refractivity contribution is 5.95. The first kappa shape index (κ1) is 18.7. The minimum absolute atomic E-state index is 0.196. The fraction of sp³-hybridized carbons (Fsp3) is 0.350. The summed E-state index contributed by atoms with van der Waals surface area (Å²) in [6, 6.07) is 8.64. The van der Waals surface area contributed by atoms with Gasteiger partial charge in [0.05, 0.1) is 23.4 Å². The molecule has 2 heterocycles. The van der Waals surface area contributed by atoms with Gasteiger partial charge in [0.2, 0.25) is 6.79 Å². The van der Waals surface area contributed by atoms with Crippen molar-refractivity contribution in [3.63, 3.8) is 0 Å². The van der Waals surface area contributed by atoms with E-state index in [1.807, 2.05) is 32.0 Å². The van der Waals surface area contributed by atoms with Gasteiger partial charge < -0.3 is 19.5 Å². The van der Waals surface area contributed by atoms with Crippen molar-refractivity contribution in [2.75, 3.05) is 13.4 Å². The lowest BCUT2D eigenvalue weighted by Crippen LogP contribution is -2.41. The number of carbonyl (C=O) groups excluding carboxylic acids is 2. The van der Waals surface area contributed by atoms with E-state index < -0.39 is 11.5 Å². The number of hydrogen-bond donors (Lipinski definition) is 1. The van der Waals surface area contributed by atoms with Crippen molar-refractivity contribution in [2.24, 2.45) is 0 Å². The molecule has 142 valence electrons. The number of fused-ring (bicyclic) bond motifs is 1. The van der Waals surface area contributed by atoms with Crippen molar-refractivity contribution in [1.82, 2.24) is 10.3 Å². The Morgan fingerprint density at radius 1 is 1.19 bits per heavy atom. The van der Waals surface area contributed by atoms with Crippen molar-refractivity contribution in [3.8, 4) is 11.5 Å². The van der Waals surface area contributed by atoms with Crippen LogP contribution in [0, 0.1) is 6.92 Å². The molecular formula is C20H22N2O5. The summed E-state index contributed by atoms with van der Waals surface area (Å²) in [5.41, 5.74) is 1.24. The molecule has 1 amide bonds. The molecular weight excluding hydrogens is 348 g/mol. The Kier molecular flexibility index (Phi) is 5.03. The third-order valence-corrected chi connectivity index (χ3v) is 4.33. The van der Waals surface area contributed by atoms with Gasteiger partial charge in [0.15, 0.2) is 11.5 Å². The zero-order valence-corrected chi connectivity index (χ0v) is 15.8. The number of carbonyl (C=O) groups is 2. The van der Waals surface area contributed by atoms with Gasteiger partial charge >= 0.3 is 5.97 Å². The predicted octanol–water partition coefficient (Wildman–Crippen LogP) is 2.96. The Morgan fingerprint density at radius 2 is 1.93 bits per heavy atom. The molecule has 1 aliphatic rings. The minimum Gasteiger partial charge on any atom is -0.462 e. The Morgan fingerprint density at radius 3 is 2.63 bits per heavy atom. The number of aryl methyl sites for hydroxylation is 1. The van der Waals surface area contributed by atoms with E-state index >= 15 is 0 Å². The Labute approximate surface area is 157 Å². The number of hydrogen-bond acceptors (Lipinski definition) is 6. The lowest BCUT2D eigenvalue weighted by atomic mass is 9.93. The Bertz CT molecular complexity index is 892. The summed E-state index contributed by atoms with van der Waals surface area (Å²) in [6.07, 6.45) is 0. The van der Waals surface area contributed by atoms with Gasteiger partial charge in [-0.05, 0) is 57.5 Å². The first-order valence-corrected chi connectivity index (χ1v) is 8.69. The summed E-state index contributed by atoms with van der Waals surface area (Å²) in [7, 11) is 0. The van der Waals surface area contributed by atoms with Crippen molar-refractivity contribution >= 4 is 11.9 Å². The Hall–Kier alpha value is -3.09. The van der Waals surface area contributed by atoms with Gasteiger partial charge in [-0.1, -0.05) is 6.07 Å². The van der Waals surface area contributed by atoms with Crippen LogP contribution in [0.5, 0.6) is 11.5 Å². The molecule has 1 aromatic heterocycles. The standard InChI is InChI=1S/C20H22N2O5/c1-5-25-19(24)14-7-8-15(21-12(14)2)18(23)22-20(3,4)13-6-9-16-17(10-13)27-11-26-16/h6-10H,5,11H2,1-4H3,(H,22,23). The molecule has 0 aliphatic carbocycles. The second-order valence-corrected chi connectivity index (χ2v) is 6.70. The number of pyridine rings is 1. The van der Waals surface area contributed by atoms with E-state index in [0.717, 1.165) is 5.56 Å². The zero-order chi connectivity index (χ0) is 19.6. The fourth-order valence-electron chi connectivity index (χ4n) is 2.82. The van der Waals surface area contributed by atoms with Crippen molar-refractivity contribution in [1.29, 1.82) is 0 Å². The quantitative estimate of drug-likeness (QED) is 0.815. The molecule has 0 saturated heterocycles. The normalized spacial score (nSPS) is 12.6. The largest absolute Gasteiger partial charge is 0.462 e. The second kappa shape index (κ2) is 7.26. The maximum Gasteiger partial charge on any atom is 0.339 e. The topological polar surface area (TPSA) is 86.8 Å². The van der Waals surface area contributed by atoms with Gasteiger partial charge in [-0.2, -0.15) is 0 Å². The molecule has 27 heavy (non-hydrogen) atoms. The van der Waals surface area contributed by atoms with Gasteiger partial charge in [0.25, 0.3) is 5.91 Å². The van der Waals surface area contributed by atoms with Gasteiger partial charge in [0, 0.05) is 0 Å². The number of nitrogens with one attached hydrogen (secondary N) is 1. The zero-order valence-electron chi connectivity index (χ0n) is 15.8. The predicted molar refractivity (Wildman–Crippen MR) is 98.0 cm³/mol. The second-order valence-electron chi connectivity index (χ2n) is 6.70. The highest BCUT2D eigenvalue weighted by Crippen LogP contribution is 2.35. The molecule has 7 nitrogen and oxygen atoms in total. The van der Waals surface area contributed by atoms with E-state index in [4.69, 9.17) is 14.2 Å². The van der Waals surface area contributed by atoms with Crippen LogP contribution in [0.4, 0.5) is 0 Å². The summed E-state index contributed by atoms with van der Waals surface area (Å²) in [4.78, 5) is 28.8. The van der Waals surface area contributed by atoms with Crippen LogP contribution >= 0.6 is 0 Å². The average Bonchev–Trinajstić information content (AvgIpc) is 3.09. The van der Waals surface area contributed by atoms with Crippen LogP contribution in [-0.4, -0.2) is 30.3 Å². The summed E-state index contributed by atoms with van der Waals surface area (Å²) >= 11 is 0. The minimum atomic E-state index is -0.659. The van der Waals surface area contributed by atoms with E-state index in [9.17, 15) is 9.59 Å². The van der Waals surface area contributed by atoms with Crippen LogP contribution in [-0.2, 0) is 10.3 Å². The average molecular weight is 370 g/mol. The monoisotopic (exact) mass is 370 g/mol. The molecule has 0 bridgehead atoms. The number of ether oxygens (including phenoxy) is 3. The Balaban J connectivity index is 1.78. The molecule has 7 heteroatoms. The summed E-state index contributed by atoms with van der Waals surface area (Å²) < 4.78 is 15.7. The maximum atomic E-state index is 12.7. The molecule has 1 N–H and O–H groups in total. The first-order valence-electron chi connectivity index (χ1n) is 8.69. The number of benzene rings is 1. The lowest BCUT2D eigenvalue weighted by molar-refractivity contribution is 0.0524. The SMILES string of the molecule is CCOC(=O)c1ccc(C(=O)NC(C)(C)c2ccc3c(c2)OCO3)nc1C. The number of nitrogens with zero attached hydrogens (tertiary/aromatic N) is 1. The van der Waals surface area contributed by atoms with Gasteiger partial charge in [0.1, 0.15) is 5.69 Å². The van der Waals surface area contributed by atoms with Crippen molar-refractivity contribution in [3.05, 3.63) is 52.8 Å². The summed E-state index contributed by atoms with van der Waals surface area (Å²) in [6.45, 7) is 7.67. The molecule has 0 unspecified atom stereocenters. The molecule has 0 atom stereocenters. The molecule has 0 radical (unpaired) electrons. The van der Waals surface area contributed by atoms with E-state index in [1.54, 1.807) is 19.9 Å². The molecule has 2 aromatic rings.